The number of halogens is 2. The molecule has 0 aromatic heterocycles. The molecule has 1 aromatic carbocycles. The summed E-state index contributed by atoms with van der Waals surface area (Å²) < 4.78 is 13.6. The van der Waals surface area contributed by atoms with Gasteiger partial charge in [-0.25, -0.2) is 4.39 Å². The zero-order valence-corrected chi connectivity index (χ0v) is 14.3. The maximum Gasteiger partial charge on any atom is 0.295 e. The second kappa shape index (κ2) is 8.79. The number of hydrogen-bond acceptors (Lipinski definition) is 5. The van der Waals surface area contributed by atoms with E-state index in [4.69, 9.17) is 5.73 Å². The van der Waals surface area contributed by atoms with Crippen molar-refractivity contribution in [3.05, 3.63) is 33.6 Å². The van der Waals surface area contributed by atoms with Crippen molar-refractivity contribution in [2.75, 3.05) is 31.9 Å². The molecule has 1 aromatic rings. The Bertz CT molecular complexity index is 607. The number of nitrogens with zero attached hydrogens (tertiary/aromatic N) is 2. The van der Waals surface area contributed by atoms with Gasteiger partial charge in [-0.15, -0.1) is 12.4 Å². The van der Waals surface area contributed by atoms with Crippen LogP contribution >= 0.6 is 12.4 Å². The van der Waals surface area contributed by atoms with Gasteiger partial charge in [0.05, 0.1) is 16.6 Å². The number of nitro groups is 1. The minimum absolute atomic E-state index is 0. The molecule has 2 rings (SSSR count). The fraction of sp³-hybridized carbons (Fsp3) is 0.533. The van der Waals surface area contributed by atoms with Crippen molar-refractivity contribution < 1.29 is 14.1 Å². The monoisotopic (exact) mass is 360 g/mol. The number of amides is 1. The highest BCUT2D eigenvalue weighted by atomic mass is 35.5. The Morgan fingerprint density at radius 1 is 1.46 bits per heavy atom. The van der Waals surface area contributed by atoms with Gasteiger partial charge in [0.2, 0.25) is 0 Å². The van der Waals surface area contributed by atoms with E-state index in [9.17, 15) is 19.3 Å². The number of likely N-dealkylation sites (tertiary alicyclic amines) is 1. The largest absolute Gasteiger partial charge is 0.393 e. The fourth-order valence-electron chi connectivity index (χ4n) is 2.79. The molecule has 0 bridgehead atoms. The van der Waals surface area contributed by atoms with Crippen molar-refractivity contribution in [1.29, 1.82) is 0 Å². The van der Waals surface area contributed by atoms with Crippen molar-refractivity contribution in [1.82, 2.24) is 10.2 Å². The molecule has 0 aliphatic carbocycles. The lowest BCUT2D eigenvalue weighted by Crippen LogP contribution is -2.41. The Labute approximate surface area is 145 Å². The second-order valence-corrected chi connectivity index (χ2v) is 5.69. The van der Waals surface area contributed by atoms with Crippen LogP contribution in [0, 0.1) is 21.8 Å². The molecular weight excluding hydrogens is 339 g/mol. The van der Waals surface area contributed by atoms with Crippen LogP contribution in [0.25, 0.3) is 0 Å². The van der Waals surface area contributed by atoms with Gasteiger partial charge in [0.15, 0.2) is 0 Å². The molecule has 3 N–H and O–H groups in total. The zero-order chi connectivity index (χ0) is 17.0. The molecule has 0 radical (unpaired) electrons. The van der Waals surface area contributed by atoms with Gasteiger partial charge in [-0.1, -0.05) is 6.92 Å². The maximum absolute atomic E-state index is 13.6. The van der Waals surface area contributed by atoms with E-state index in [0.29, 0.717) is 19.0 Å². The number of nitro benzene ring substituents is 1. The van der Waals surface area contributed by atoms with E-state index in [1.54, 1.807) is 4.90 Å². The van der Waals surface area contributed by atoms with Gasteiger partial charge in [0.1, 0.15) is 11.5 Å². The van der Waals surface area contributed by atoms with Crippen LogP contribution in [0.2, 0.25) is 0 Å². The van der Waals surface area contributed by atoms with E-state index < -0.39 is 22.3 Å². The number of nitrogens with one attached hydrogen (secondary N) is 1. The summed E-state index contributed by atoms with van der Waals surface area (Å²) in [5.41, 5.74) is 4.70. The number of nitrogens with two attached hydrogens (primary N) is 1. The summed E-state index contributed by atoms with van der Waals surface area (Å²) in [6.07, 6.45) is 1.69. The van der Waals surface area contributed by atoms with Crippen molar-refractivity contribution in [3.63, 3.8) is 0 Å². The summed E-state index contributed by atoms with van der Waals surface area (Å²) in [7, 11) is 0. The molecule has 1 saturated heterocycles. The van der Waals surface area contributed by atoms with E-state index >= 15 is 0 Å². The third-order valence-electron chi connectivity index (χ3n) is 4.13. The number of carbonyl (C=O) groups excluding carboxylic acids is 1. The quantitative estimate of drug-likeness (QED) is 0.476. The van der Waals surface area contributed by atoms with Gasteiger partial charge in [-0.05, 0) is 37.9 Å². The number of hydrogen-bond donors (Lipinski definition) is 2. The first-order valence-electron chi connectivity index (χ1n) is 7.67. The highest BCUT2D eigenvalue weighted by Gasteiger charge is 2.28. The Balaban J connectivity index is 0.00000288. The molecular formula is C15H22ClFN4O3. The number of benzene rings is 1. The van der Waals surface area contributed by atoms with Gasteiger partial charge in [0.25, 0.3) is 11.6 Å². The fourth-order valence-corrected chi connectivity index (χ4v) is 2.79. The predicted octanol–water partition coefficient (Wildman–Crippen LogP) is 2.20. The number of rotatable bonds is 5. The van der Waals surface area contributed by atoms with E-state index in [2.05, 4.69) is 5.32 Å². The van der Waals surface area contributed by atoms with Crippen LogP contribution in [-0.2, 0) is 0 Å². The van der Waals surface area contributed by atoms with Crippen LogP contribution < -0.4 is 11.1 Å². The van der Waals surface area contributed by atoms with Crippen molar-refractivity contribution in [2.24, 2.45) is 5.92 Å². The van der Waals surface area contributed by atoms with Gasteiger partial charge in [-0.3, -0.25) is 14.9 Å². The molecule has 1 aliphatic rings. The summed E-state index contributed by atoms with van der Waals surface area (Å²) in [4.78, 5) is 24.2. The third-order valence-corrected chi connectivity index (χ3v) is 4.13. The molecule has 0 atom stereocenters. The lowest BCUT2D eigenvalue weighted by atomic mass is 9.96. The van der Waals surface area contributed by atoms with E-state index in [0.717, 1.165) is 38.1 Å². The third kappa shape index (κ3) is 4.55. The van der Waals surface area contributed by atoms with Gasteiger partial charge >= 0.3 is 0 Å². The zero-order valence-electron chi connectivity index (χ0n) is 13.5. The normalized spacial score (nSPS) is 15.0. The summed E-state index contributed by atoms with van der Waals surface area (Å²) in [6.45, 7) is 4.93. The number of piperidine rings is 1. The van der Waals surface area contributed by atoms with Gasteiger partial charge in [-0.2, -0.15) is 0 Å². The van der Waals surface area contributed by atoms with Crippen LogP contribution in [0.1, 0.15) is 30.1 Å². The molecule has 0 unspecified atom stereocenters. The Hall–Kier alpha value is -1.93. The highest BCUT2D eigenvalue weighted by molar-refractivity contribution is 6.01. The van der Waals surface area contributed by atoms with Crippen molar-refractivity contribution >= 4 is 29.7 Å². The Kier molecular flexibility index (Phi) is 7.37. The maximum atomic E-state index is 13.6. The minimum atomic E-state index is -0.837. The molecule has 1 fully saturated rings. The van der Waals surface area contributed by atoms with E-state index in [1.807, 2.05) is 6.92 Å². The SMILES string of the molecule is CCNCC1CCN(C(=O)c2cc(F)cc([N+](=O)[O-])c2N)CC1.Cl. The topological polar surface area (TPSA) is 102 Å². The number of carbonyl (C=O) groups is 1. The van der Waals surface area contributed by atoms with Crippen LogP contribution in [-0.4, -0.2) is 41.9 Å². The predicted molar refractivity (Wildman–Crippen MR) is 91.9 cm³/mol. The smallest absolute Gasteiger partial charge is 0.295 e. The molecule has 1 aliphatic heterocycles. The molecule has 1 amide bonds. The molecule has 0 spiro atoms. The minimum Gasteiger partial charge on any atom is -0.393 e. The Morgan fingerprint density at radius 2 is 2.08 bits per heavy atom. The lowest BCUT2D eigenvalue weighted by Gasteiger charge is -2.32. The van der Waals surface area contributed by atoms with E-state index in [-0.39, 0.29) is 23.7 Å². The molecule has 9 heteroatoms. The lowest BCUT2D eigenvalue weighted by molar-refractivity contribution is -0.384. The van der Waals surface area contributed by atoms with Crippen molar-refractivity contribution in [2.45, 2.75) is 19.8 Å². The number of nitrogen functional groups attached to an aromatic ring is 1. The molecule has 134 valence electrons. The van der Waals surface area contributed by atoms with Crippen LogP contribution in [0.15, 0.2) is 12.1 Å². The average molecular weight is 361 g/mol. The van der Waals surface area contributed by atoms with Gasteiger partial charge in [0, 0.05) is 13.1 Å². The summed E-state index contributed by atoms with van der Waals surface area (Å²) in [5, 5.41) is 14.2. The highest BCUT2D eigenvalue weighted by Crippen LogP contribution is 2.29. The standard InChI is InChI=1S/C15H21FN4O3.ClH/c1-2-18-9-10-3-5-19(6-4-10)15(21)12-7-11(16)8-13(14(12)17)20(22)23;/h7-8,10,18H,2-6,9,17H2,1H3;1H. The summed E-state index contributed by atoms with van der Waals surface area (Å²) in [5.74, 6) is -0.790. The van der Waals surface area contributed by atoms with Gasteiger partial charge < -0.3 is 16.0 Å². The molecule has 7 nitrogen and oxygen atoms in total. The first kappa shape index (κ1) is 20.1. The van der Waals surface area contributed by atoms with Crippen LogP contribution in [0.4, 0.5) is 15.8 Å². The van der Waals surface area contributed by atoms with Crippen LogP contribution in [0.3, 0.4) is 0 Å². The van der Waals surface area contributed by atoms with Crippen molar-refractivity contribution in [3.8, 4) is 0 Å². The first-order valence-corrected chi connectivity index (χ1v) is 7.67. The summed E-state index contributed by atoms with van der Waals surface area (Å²) in [6, 6.07) is 1.70. The molecule has 0 saturated carbocycles. The molecule has 1 heterocycles. The first-order chi connectivity index (χ1) is 10.9. The Morgan fingerprint density at radius 3 is 2.62 bits per heavy atom. The number of anilines is 1. The summed E-state index contributed by atoms with van der Waals surface area (Å²) >= 11 is 0. The second-order valence-electron chi connectivity index (χ2n) is 5.69. The average Bonchev–Trinajstić information content (AvgIpc) is 2.54. The van der Waals surface area contributed by atoms with Crippen LogP contribution in [0.5, 0.6) is 0 Å². The molecule has 24 heavy (non-hydrogen) atoms. The van der Waals surface area contributed by atoms with E-state index in [1.165, 1.54) is 0 Å².